The van der Waals surface area contributed by atoms with Crippen molar-refractivity contribution in [2.75, 3.05) is 5.32 Å². The third-order valence-corrected chi connectivity index (χ3v) is 4.39. The van der Waals surface area contributed by atoms with Crippen LogP contribution in [-0.2, 0) is 4.79 Å². The molecule has 2 aliphatic heterocycles. The van der Waals surface area contributed by atoms with Gasteiger partial charge in [-0.3, -0.25) is 9.59 Å². The predicted octanol–water partition coefficient (Wildman–Crippen LogP) is 1.77. The van der Waals surface area contributed by atoms with Crippen molar-refractivity contribution in [2.45, 2.75) is 50.8 Å². The van der Waals surface area contributed by atoms with E-state index in [1.54, 1.807) is 24.3 Å². The van der Waals surface area contributed by atoms with Crippen LogP contribution in [0.25, 0.3) is 0 Å². The average Bonchev–Trinajstić information content (AvgIpc) is 2.70. The molecule has 1 aromatic rings. The summed E-state index contributed by atoms with van der Waals surface area (Å²) in [6.45, 7) is 1.45. The minimum atomic E-state index is -0.270. The molecule has 2 N–H and O–H groups in total. The normalized spacial score (nSPS) is 27.5. The van der Waals surface area contributed by atoms with Crippen LogP contribution >= 0.6 is 0 Å². The number of nitrogens with zero attached hydrogens (tertiary/aromatic N) is 1. The van der Waals surface area contributed by atoms with E-state index in [0.29, 0.717) is 24.1 Å². The van der Waals surface area contributed by atoms with Gasteiger partial charge < -0.3 is 15.3 Å². The summed E-state index contributed by atoms with van der Waals surface area (Å²) < 4.78 is 0. The van der Waals surface area contributed by atoms with Gasteiger partial charge in [-0.25, -0.2) is 0 Å². The van der Waals surface area contributed by atoms with E-state index in [9.17, 15) is 14.7 Å². The standard InChI is InChI=1S/C16H20N2O3/c1-10(19)17-12-4-2-11(3-5-12)16(21)18-13-6-7-14(18)9-15(20)8-13/h2-5,13-15,20H,6-9H2,1H3,(H,17,19). The third-order valence-electron chi connectivity index (χ3n) is 4.39. The first-order valence-electron chi connectivity index (χ1n) is 7.43. The lowest BCUT2D eigenvalue weighted by molar-refractivity contribution is -0.114. The number of hydrogen-bond donors (Lipinski definition) is 2. The highest BCUT2D eigenvalue weighted by molar-refractivity contribution is 5.96. The van der Waals surface area contributed by atoms with Crippen molar-refractivity contribution in [3.63, 3.8) is 0 Å². The molecule has 0 aliphatic carbocycles. The number of aliphatic hydroxyl groups is 1. The van der Waals surface area contributed by atoms with Gasteiger partial charge in [0.15, 0.2) is 0 Å². The summed E-state index contributed by atoms with van der Waals surface area (Å²) in [6, 6.07) is 7.32. The Balaban J connectivity index is 1.75. The van der Waals surface area contributed by atoms with Crippen LogP contribution in [0.5, 0.6) is 0 Å². The summed E-state index contributed by atoms with van der Waals surface area (Å²) >= 11 is 0. The van der Waals surface area contributed by atoms with E-state index < -0.39 is 0 Å². The zero-order chi connectivity index (χ0) is 15.0. The zero-order valence-electron chi connectivity index (χ0n) is 12.1. The molecule has 2 unspecified atom stereocenters. The Morgan fingerprint density at radius 3 is 2.24 bits per heavy atom. The Hall–Kier alpha value is -1.88. The second-order valence-corrected chi connectivity index (χ2v) is 5.98. The van der Waals surface area contributed by atoms with Gasteiger partial charge in [-0.1, -0.05) is 0 Å². The Kier molecular flexibility index (Phi) is 3.68. The smallest absolute Gasteiger partial charge is 0.254 e. The molecule has 5 nitrogen and oxygen atoms in total. The number of anilines is 1. The number of benzene rings is 1. The molecule has 0 saturated carbocycles. The van der Waals surface area contributed by atoms with Crippen LogP contribution in [0.3, 0.4) is 0 Å². The van der Waals surface area contributed by atoms with Crippen molar-refractivity contribution in [1.82, 2.24) is 4.90 Å². The molecule has 112 valence electrons. The minimum absolute atomic E-state index is 0.0313. The molecule has 2 aliphatic rings. The van der Waals surface area contributed by atoms with Crippen LogP contribution in [0.15, 0.2) is 24.3 Å². The highest BCUT2D eigenvalue weighted by atomic mass is 16.3. The maximum atomic E-state index is 12.7. The summed E-state index contributed by atoms with van der Waals surface area (Å²) in [5.74, 6) is -0.0964. The zero-order valence-corrected chi connectivity index (χ0v) is 12.1. The van der Waals surface area contributed by atoms with Crippen molar-refractivity contribution >= 4 is 17.5 Å². The van der Waals surface area contributed by atoms with Gasteiger partial charge in [0, 0.05) is 30.3 Å². The molecule has 2 saturated heterocycles. The molecule has 0 aromatic heterocycles. The minimum Gasteiger partial charge on any atom is -0.393 e. The fraction of sp³-hybridized carbons (Fsp3) is 0.500. The highest BCUT2D eigenvalue weighted by Gasteiger charge is 2.42. The number of piperidine rings is 1. The van der Waals surface area contributed by atoms with Crippen molar-refractivity contribution in [3.8, 4) is 0 Å². The molecule has 0 radical (unpaired) electrons. The number of rotatable bonds is 2. The van der Waals surface area contributed by atoms with Crippen LogP contribution < -0.4 is 5.32 Å². The topological polar surface area (TPSA) is 69.6 Å². The Morgan fingerprint density at radius 1 is 1.14 bits per heavy atom. The van der Waals surface area contributed by atoms with Crippen LogP contribution in [0.2, 0.25) is 0 Å². The van der Waals surface area contributed by atoms with Gasteiger partial charge >= 0.3 is 0 Å². The number of hydrogen-bond acceptors (Lipinski definition) is 3. The van der Waals surface area contributed by atoms with Gasteiger partial charge in [-0.2, -0.15) is 0 Å². The number of aliphatic hydroxyl groups excluding tert-OH is 1. The summed E-state index contributed by atoms with van der Waals surface area (Å²) in [5, 5.41) is 12.5. The maximum Gasteiger partial charge on any atom is 0.254 e. The Morgan fingerprint density at radius 2 is 1.71 bits per heavy atom. The largest absolute Gasteiger partial charge is 0.393 e. The van der Waals surface area contributed by atoms with Crippen LogP contribution in [0, 0.1) is 0 Å². The van der Waals surface area contributed by atoms with E-state index in [4.69, 9.17) is 0 Å². The average molecular weight is 288 g/mol. The first-order valence-corrected chi connectivity index (χ1v) is 7.43. The lowest BCUT2D eigenvalue weighted by atomic mass is 9.98. The second-order valence-electron chi connectivity index (χ2n) is 5.98. The quantitative estimate of drug-likeness (QED) is 0.871. The first-order chi connectivity index (χ1) is 10.0. The van der Waals surface area contributed by atoms with Gasteiger partial charge in [-0.15, -0.1) is 0 Å². The summed E-state index contributed by atoms with van der Waals surface area (Å²) in [6.07, 6.45) is 3.07. The first kappa shape index (κ1) is 14.1. The van der Waals surface area contributed by atoms with Gasteiger partial charge in [0.1, 0.15) is 0 Å². The lowest BCUT2D eigenvalue weighted by Gasteiger charge is -2.37. The third kappa shape index (κ3) is 2.78. The Labute approximate surface area is 123 Å². The molecule has 5 heteroatoms. The van der Waals surface area contributed by atoms with E-state index >= 15 is 0 Å². The Bertz CT molecular complexity index is 541. The fourth-order valence-electron chi connectivity index (χ4n) is 3.53. The van der Waals surface area contributed by atoms with E-state index in [2.05, 4.69) is 5.32 Å². The van der Waals surface area contributed by atoms with Crippen molar-refractivity contribution in [2.24, 2.45) is 0 Å². The second kappa shape index (κ2) is 5.48. The van der Waals surface area contributed by atoms with E-state index in [0.717, 1.165) is 12.8 Å². The fourth-order valence-corrected chi connectivity index (χ4v) is 3.53. The summed E-state index contributed by atoms with van der Waals surface area (Å²) in [4.78, 5) is 25.6. The number of nitrogens with one attached hydrogen (secondary N) is 1. The van der Waals surface area contributed by atoms with Crippen molar-refractivity contribution in [3.05, 3.63) is 29.8 Å². The van der Waals surface area contributed by atoms with E-state index in [1.807, 2.05) is 4.90 Å². The van der Waals surface area contributed by atoms with E-state index in [1.165, 1.54) is 6.92 Å². The molecular formula is C16H20N2O3. The van der Waals surface area contributed by atoms with Crippen LogP contribution in [-0.4, -0.2) is 40.0 Å². The molecule has 3 rings (SSSR count). The van der Waals surface area contributed by atoms with Gasteiger partial charge in [0.05, 0.1) is 6.10 Å². The lowest BCUT2D eigenvalue weighted by Crippen LogP contribution is -2.47. The van der Waals surface area contributed by atoms with Crippen LogP contribution in [0.1, 0.15) is 43.0 Å². The molecule has 2 heterocycles. The number of amides is 2. The molecular weight excluding hydrogens is 268 g/mol. The maximum absolute atomic E-state index is 12.7. The molecule has 0 spiro atoms. The SMILES string of the molecule is CC(=O)Nc1ccc(C(=O)N2C3CCC2CC(O)C3)cc1. The molecule has 2 amide bonds. The summed E-state index contributed by atoms with van der Waals surface area (Å²) in [7, 11) is 0. The van der Waals surface area contributed by atoms with E-state index in [-0.39, 0.29) is 30.0 Å². The monoisotopic (exact) mass is 288 g/mol. The van der Waals surface area contributed by atoms with Gasteiger partial charge in [0.2, 0.25) is 5.91 Å². The number of fused-ring (bicyclic) bond motifs is 2. The van der Waals surface area contributed by atoms with Crippen molar-refractivity contribution in [1.29, 1.82) is 0 Å². The molecule has 2 bridgehead atoms. The molecule has 21 heavy (non-hydrogen) atoms. The van der Waals surface area contributed by atoms with Gasteiger partial charge in [0.25, 0.3) is 5.91 Å². The molecule has 2 fully saturated rings. The highest BCUT2D eigenvalue weighted by Crippen LogP contribution is 2.36. The molecule has 2 atom stereocenters. The van der Waals surface area contributed by atoms with Gasteiger partial charge in [-0.05, 0) is 49.9 Å². The van der Waals surface area contributed by atoms with Crippen molar-refractivity contribution < 1.29 is 14.7 Å². The predicted molar refractivity (Wildman–Crippen MR) is 79.0 cm³/mol. The van der Waals surface area contributed by atoms with Crippen LogP contribution in [0.4, 0.5) is 5.69 Å². The summed E-state index contributed by atoms with van der Waals surface area (Å²) in [5.41, 5.74) is 1.33. The number of carbonyl (C=O) groups is 2. The number of carbonyl (C=O) groups excluding carboxylic acids is 2. The molecule has 1 aromatic carbocycles.